The van der Waals surface area contributed by atoms with Crippen LogP contribution in [0.1, 0.15) is 31.1 Å². The Morgan fingerprint density at radius 1 is 1.60 bits per heavy atom. The van der Waals surface area contributed by atoms with Crippen LogP contribution in [0.4, 0.5) is 0 Å². The van der Waals surface area contributed by atoms with Gasteiger partial charge in [0, 0.05) is 12.5 Å². The number of aryl methyl sites for hydroxylation is 1. The number of carbonyl (C=O) groups is 1. The summed E-state index contributed by atoms with van der Waals surface area (Å²) >= 11 is 1.56. The highest BCUT2D eigenvalue weighted by atomic mass is 32.2. The van der Waals surface area contributed by atoms with Gasteiger partial charge in [0.2, 0.25) is 0 Å². The number of nitrogens with zero attached hydrogens (tertiary/aromatic N) is 3. The maximum atomic E-state index is 10.5. The van der Waals surface area contributed by atoms with Gasteiger partial charge in [0.1, 0.15) is 5.82 Å². The number of aliphatic carboxylic acids is 1. The number of thioether (sulfide) groups is 1. The first kappa shape index (κ1) is 10.5. The van der Waals surface area contributed by atoms with Crippen molar-refractivity contribution in [2.24, 2.45) is 0 Å². The summed E-state index contributed by atoms with van der Waals surface area (Å²) < 4.78 is 2.09. The fourth-order valence-corrected chi connectivity index (χ4v) is 2.11. The van der Waals surface area contributed by atoms with Gasteiger partial charge in [0.15, 0.2) is 5.16 Å². The number of hydrogen-bond acceptors (Lipinski definition) is 4. The SMILES string of the molecule is CSc1nnc(CCC(=O)O)n1C1CC1. The number of carboxylic acid groups (broad SMARTS) is 1. The Morgan fingerprint density at radius 2 is 2.33 bits per heavy atom. The van der Waals surface area contributed by atoms with Crippen LogP contribution in [0.15, 0.2) is 5.16 Å². The average Bonchev–Trinajstić information content (AvgIpc) is 2.96. The van der Waals surface area contributed by atoms with Gasteiger partial charge < -0.3 is 9.67 Å². The summed E-state index contributed by atoms with van der Waals surface area (Å²) in [6.45, 7) is 0. The van der Waals surface area contributed by atoms with E-state index in [1.54, 1.807) is 11.8 Å². The Bertz CT molecular complexity index is 373. The largest absolute Gasteiger partial charge is 0.481 e. The van der Waals surface area contributed by atoms with E-state index in [1.165, 1.54) is 0 Å². The van der Waals surface area contributed by atoms with E-state index in [2.05, 4.69) is 14.8 Å². The number of hydrogen-bond donors (Lipinski definition) is 1. The molecule has 1 saturated carbocycles. The predicted octanol–water partition coefficient (Wildman–Crippen LogP) is 1.35. The fourth-order valence-electron chi connectivity index (χ4n) is 1.54. The third kappa shape index (κ3) is 2.31. The van der Waals surface area contributed by atoms with E-state index in [-0.39, 0.29) is 6.42 Å². The molecule has 0 amide bonds. The first-order valence-corrected chi connectivity index (χ1v) is 6.14. The molecule has 0 aliphatic heterocycles. The van der Waals surface area contributed by atoms with E-state index < -0.39 is 5.97 Å². The molecule has 0 unspecified atom stereocenters. The summed E-state index contributed by atoms with van der Waals surface area (Å²) in [5.41, 5.74) is 0. The van der Waals surface area contributed by atoms with Gasteiger partial charge in [-0.3, -0.25) is 4.79 Å². The molecule has 6 heteroatoms. The van der Waals surface area contributed by atoms with Crippen molar-refractivity contribution >= 4 is 17.7 Å². The second-order valence-electron chi connectivity index (χ2n) is 3.60. The standard InChI is InChI=1S/C9H13N3O2S/c1-15-9-11-10-7(4-5-8(13)14)12(9)6-2-3-6/h6H,2-5H2,1H3,(H,13,14). The third-order valence-electron chi connectivity index (χ3n) is 2.39. The Balaban J connectivity index is 2.15. The summed E-state index contributed by atoms with van der Waals surface area (Å²) in [5, 5.41) is 17.6. The van der Waals surface area contributed by atoms with Gasteiger partial charge in [-0.1, -0.05) is 11.8 Å². The maximum Gasteiger partial charge on any atom is 0.303 e. The summed E-state index contributed by atoms with van der Waals surface area (Å²) in [7, 11) is 0. The van der Waals surface area contributed by atoms with E-state index in [9.17, 15) is 4.79 Å². The van der Waals surface area contributed by atoms with Crippen LogP contribution in [0.2, 0.25) is 0 Å². The second-order valence-corrected chi connectivity index (χ2v) is 4.37. The minimum absolute atomic E-state index is 0.124. The zero-order chi connectivity index (χ0) is 10.8. The van der Waals surface area contributed by atoms with Crippen LogP contribution in [0.3, 0.4) is 0 Å². The highest BCUT2D eigenvalue weighted by Gasteiger charge is 2.29. The first-order valence-electron chi connectivity index (χ1n) is 4.92. The zero-order valence-corrected chi connectivity index (χ0v) is 9.33. The minimum Gasteiger partial charge on any atom is -0.481 e. The molecular weight excluding hydrogens is 214 g/mol. The van der Waals surface area contributed by atoms with E-state index in [0.29, 0.717) is 12.5 Å². The van der Waals surface area contributed by atoms with Gasteiger partial charge >= 0.3 is 5.97 Å². The predicted molar refractivity (Wildman–Crippen MR) is 56.0 cm³/mol. The molecule has 0 radical (unpaired) electrons. The van der Waals surface area contributed by atoms with Gasteiger partial charge in [-0.25, -0.2) is 0 Å². The minimum atomic E-state index is -0.786. The van der Waals surface area contributed by atoms with Crippen LogP contribution in [0, 0.1) is 0 Å². The number of carboxylic acids is 1. The Labute approximate surface area is 91.9 Å². The van der Waals surface area contributed by atoms with Gasteiger partial charge in [-0.05, 0) is 19.1 Å². The molecule has 0 atom stereocenters. The summed E-state index contributed by atoms with van der Waals surface area (Å²) in [4.78, 5) is 10.5. The van der Waals surface area contributed by atoms with Crippen molar-refractivity contribution in [3.8, 4) is 0 Å². The lowest BCUT2D eigenvalue weighted by Crippen LogP contribution is -2.06. The van der Waals surface area contributed by atoms with Gasteiger partial charge in [0.25, 0.3) is 0 Å². The molecule has 15 heavy (non-hydrogen) atoms. The molecule has 1 aromatic rings. The molecule has 1 N–H and O–H groups in total. The normalized spacial score (nSPS) is 15.5. The van der Waals surface area contributed by atoms with Crippen molar-refractivity contribution in [2.45, 2.75) is 36.9 Å². The van der Waals surface area contributed by atoms with Crippen molar-refractivity contribution in [3.63, 3.8) is 0 Å². The first-order chi connectivity index (χ1) is 7.22. The smallest absolute Gasteiger partial charge is 0.303 e. The molecular formula is C9H13N3O2S. The lowest BCUT2D eigenvalue weighted by atomic mass is 10.3. The van der Waals surface area contributed by atoms with Crippen LogP contribution in [-0.2, 0) is 11.2 Å². The van der Waals surface area contributed by atoms with E-state index in [0.717, 1.165) is 23.8 Å². The lowest BCUT2D eigenvalue weighted by molar-refractivity contribution is -0.137. The topological polar surface area (TPSA) is 68.0 Å². The highest BCUT2D eigenvalue weighted by molar-refractivity contribution is 7.98. The molecule has 2 rings (SSSR count). The van der Waals surface area contributed by atoms with Crippen molar-refractivity contribution in [3.05, 3.63) is 5.82 Å². The molecule has 1 aliphatic rings. The summed E-state index contributed by atoms with van der Waals surface area (Å²) in [6.07, 6.45) is 4.87. The molecule has 0 bridgehead atoms. The fraction of sp³-hybridized carbons (Fsp3) is 0.667. The Morgan fingerprint density at radius 3 is 2.87 bits per heavy atom. The molecule has 1 aromatic heterocycles. The van der Waals surface area contributed by atoms with Crippen molar-refractivity contribution < 1.29 is 9.90 Å². The number of rotatable bonds is 5. The Hall–Kier alpha value is -1.04. The molecule has 0 saturated heterocycles. The van der Waals surface area contributed by atoms with Crippen LogP contribution < -0.4 is 0 Å². The van der Waals surface area contributed by atoms with Crippen LogP contribution in [0.25, 0.3) is 0 Å². The number of aromatic nitrogens is 3. The monoisotopic (exact) mass is 227 g/mol. The van der Waals surface area contributed by atoms with Crippen LogP contribution >= 0.6 is 11.8 Å². The van der Waals surface area contributed by atoms with Gasteiger partial charge in [-0.2, -0.15) is 0 Å². The van der Waals surface area contributed by atoms with Crippen LogP contribution in [0.5, 0.6) is 0 Å². The molecule has 0 aromatic carbocycles. The molecule has 5 nitrogen and oxygen atoms in total. The summed E-state index contributed by atoms with van der Waals surface area (Å²) in [6, 6.07) is 0.506. The van der Waals surface area contributed by atoms with Crippen molar-refractivity contribution in [2.75, 3.05) is 6.26 Å². The van der Waals surface area contributed by atoms with E-state index in [4.69, 9.17) is 5.11 Å². The maximum absolute atomic E-state index is 10.5. The van der Waals surface area contributed by atoms with Gasteiger partial charge in [-0.15, -0.1) is 10.2 Å². The molecule has 1 heterocycles. The molecule has 82 valence electrons. The second kappa shape index (κ2) is 4.22. The molecule has 1 aliphatic carbocycles. The zero-order valence-electron chi connectivity index (χ0n) is 8.51. The van der Waals surface area contributed by atoms with E-state index >= 15 is 0 Å². The summed E-state index contributed by atoms with van der Waals surface area (Å²) in [5.74, 6) is 0.0234. The van der Waals surface area contributed by atoms with Crippen LogP contribution in [-0.4, -0.2) is 32.1 Å². The molecule has 0 spiro atoms. The van der Waals surface area contributed by atoms with Crippen molar-refractivity contribution in [1.29, 1.82) is 0 Å². The lowest BCUT2D eigenvalue weighted by Gasteiger charge is -2.05. The average molecular weight is 227 g/mol. The quantitative estimate of drug-likeness (QED) is 0.769. The van der Waals surface area contributed by atoms with Gasteiger partial charge in [0.05, 0.1) is 6.42 Å². The van der Waals surface area contributed by atoms with E-state index in [1.807, 2.05) is 6.26 Å². The Kier molecular flexibility index (Phi) is 2.95. The molecule has 1 fully saturated rings. The van der Waals surface area contributed by atoms with Crippen molar-refractivity contribution in [1.82, 2.24) is 14.8 Å². The third-order valence-corrected chi connectivity index (χ3v) is 3.04. The highest BCUT2D eigenvalue weighted by Crippen LogP contribution is 2.38.